The van der Waals surface area contributed by atoms with Crippen molar-refractivity contribution in [2.75, 3.05) is 11.9 Å². The summed E-state index contributed by atoms with van der Waals surface area (Å²) in [5.41, 5.74) is 3.09. The largest absolute Gasteiger partial charge is 0.491 e. The first kappa shape index (κ1) is 25.2. The number of carbonyl (C=O) groups is 1. The molecule has 4 aromatic rings. The average Bonchev–Trinajstić information content (AvgIpc) is 3.28. The molecule has 0 saturated heterocycles. The number of hydrogen-bond acceptors (Lipinski definition) is 6. The van der Waals surface area contributed by atoms with E-state index in [9.17, 15) is 9.90 Å². The molecule has 8 heteroatoms. The SMILES string of the molecule is Cc1cc(CC(=O)Nc2cnn(C(C)(C)C)c2)ccc1Oc1ccnc2ccc(OCC(C)O)cc12. The fraction of sp³-hybridized carbons (Fsp3) is 0.321. The van der Waals surface area contributed by atoms with Crippen LogP contribution < -0.4 is 14.8 Å². The second-order valence-corrected chi connectivity index (χ2v) is 9.92. The molecule has 0 radical (unpaired) electrons. The Morgan fingerprint density at radius 1 is 1.14 bits per heavy atom. The van der Waals surface area contributed by atoms with Crippen molar-refractivity contribution in [3.05, 3.63) is 72.2 Å². The van der Waals surface area contributed by atoms with E-state index in [0.29, 0.717) is 22.9 Å². The Morgan fingerprint density at radius 3 is 2.64 bits per heavy atom. The number of anilines is 1. The lowest BCUT2D eigenvalue weighted by molar-refractivity contribution is -0.115. The molecule has 4 rings (SSSR count). The van der Waals surface area contributed by atoms with Crippen LogP contribution in [0.1, 0.15) is 38.8 Å². The fourth-order valence-corrected chi connectivity index (χ4v) is 3.69. The molecule has 0 bridgehead atoms. The van der Waals surface area contributed by atoms with Crippen LogP contribution in [0.5, 0.6) is 17.2 Å². The van der Waals surface area contributed by atoms with Crippen LogP contribution in [-0.4, -0.2) is 38.5 Å². The number of rotatable bonds is 8. The molecule has 0 spiro atoms. The number of aryl methyl sites for hydroxylation is 1. The van der Waals surface area contributed by atoms with Crippen molar-refractivity contribution in [1.82, 2.24) is 14.8 Å². The molecular weight excluding hydrogens is 456 g/mol. The summed E-state index contributed by atoms with van der Waals surface area (Å²) in [6, 6.07) is 13.1. The van der Waals surface area contributed by atoms with Gasteiger partial charge in [0.2, 0.25) is 5.91 Å². The maximum atomic E-state index is 12.6. The quantitative estimate of drug-likeness (QED) is 0.353. The topological polar surface area (TPSA) is 98.5 Å². The van der Waals surface area contributed by atoms with Crippen LogP contribution in [0.4, 0.5) is 5.69 Å². The second kappa shape index (κ2) is 10.4. The van der Waals surface area contributed by atoms with E-state index in [1.165, 1.54) is 0 Å². The Labute approximate surface area is 210 Å². The van der Waals surface area contributed by atoms with Crippen LogP contribution in [0.15, 0.2) is 61.1 Å². The van der Waals surface area contributed by atoms with E-state index in [2.05, 4.69) is 36.2 Å². The Bertz CT molecular complexity index is 1370. The molecule has 0 saturated carbocycles. The van der Waals surface area contributed by atoms with Gasteiger partial charge in [0.05, 0.1) is 35.5 Å². The van der Waals surface area contributed by atoms with Gasteiger partial charge in [-0.25, -0.2) is 0 Å². The van der Waals surface area contributed by atoms with Crippen molar-refractivity contribution in [2.24, 2.45) is 0 Å². The lowest BCUT2D eigenvalue weighted by Crippen LogP contribution is -2.22. The van der Waals surface area contributed by atoms with Gasteiger partial charge in [-0.1, -0.05) is 12.1 Å². The van der Waals surface area contributed by atoms with Gasteiger partial charge in [0.1, 0.15) is 23.9 Å². The van der Waals surface area contributed by atoms with E-state index >= 15 is 0 Å². The van der Waals surface area contributed by atoms with E-state index in [1.54, 1.807) is 25.4 Å². The van der Waals surface area contributed by atoms with Crippen molar-refractivity contribution in [2.45, 2.75) is 52.7 Å². The molecule has 1 atom stereocenters. The minimum Gasteiger partial charge on any atom is -0.491 e. The normalized spacial score (nSPS) is 12.4. The highest BCUT2D eigenvalue weighted by atomic mass is 16.5. The van der Waals surface area contributed by atoms with Crippen LogP contribution in [0, 0.1) is 6.92 Å². The summed E-state index contributed by atoms with van der Waals surface area (Å²) >= 11 is 0. The van der Waals surface area contributed by atoms with Crippen LogP contribution in [0.25, 0.3) is 10.9 Å². The van der Waals surface area contributed by atoms with Crippen molar-refractivity contribution < 1.29 is 19.4 Å². The predicted octanol–water partition coefficient (Wildman–Crippen LogP) is 5.23. The summed E-state index contributed by atoms with van der Waals surface area (Å²) in [7, 11) is 0. The molecule has 188 valence electrons. The monoisotopic (exact) mass is 488 g/mol. The van der Waals surface area contributed by atoms with Crippen molar-refractivity contribution in [1.29, 1.82) is 0 Å². The van der Waals surface area contributed by atoms with Crippen LogP contribution in [0.3, 0.4) is 0 Å². The zero-order valence-electron chi connectivity index (χ0n) is 21.3. The minimum absolute atomic E-state index is 0.110. The van der Waals surface area contributed by atoms with Gasteiger partial charge in [-0.3, -0.25) is 14.5 Å². The number of pyridine rings is 1. The first-order chi connectivity index (χ1) is 17.1. The third-order valence-corrected chi connectivity index (χ3v) is 5.54. The van der Waals surface area contributed by atoms with Crippen molar-refractivity contribution in [3.63, 3.8) is 0 Å². The predicted molar refractivity (Wildman–Crippen MR) is 140 cm³/mol. The Morgan fingerprint density at radius 2 is 1.94 bits per heavy atom. The standard InChI is InChI=1S/C28H32N4O4/c1-18-12-20(13-27(34)31-21-15-30-32(16-21)28(3,4)5)6-9-25(18)36-26-10-11-29-24-8-7-22(14-23(24)26)35-17-19(2)33/h6-12,14-16,19,33H,13,17H2,1-5H3,(H,31,34). The van der Waals surface area contributed by atoms with Gasteiger partial charge in [0.15, 0.2) is 0 Å². The third kappa shape index (κ3) is 6.20. The molecule has 2 aromatic carbocycles. The number of fused-ring (bicyclic) bond motifs is 1. The number of amides is 1. The maximum absolute atomic E-state index is 12.6. The highest BCUT2D eigenvalue weighted by Gasteiger charge is 2.15. The molecule has 0 aliphatic rings. The van der Waals surface area contributed by atoms with Crippen molar-refractivity contribution in [3.8, 4) is 17.2 Å². The summed E-state index contributed by atoms with van der Waals surface area (Å²) in [6.45, 7) is 9.99. The highest BCUT2D eigenvalue weighted by molar-refractivity contribution is 5.92. The van der Waals surface area contributed by atoms with Gasteiger partial charge in [0.25, 0.3) is 0 Å². The van der Waals surface area contributed by atoms with Gasteiger partial charge >= 0.3 is 0 Å². The number of ether oxygens (including phenoxy) is 2. The number of carbonyl (C=O) groups excluding carboxylic acids is 1. The molecule has 0 fully saturated rings. The minimum atomic E-state index is -0.560. The van der Waals surface area contributed by atoms with Gasteiger partial charge in [-0.05, 0) is 76.1 Å². The van der Waals surface area contributed by atoms with Gasteiger partial charge < -0.3 is 19.9 Å². The van der Waals surface area contributed by atoms with E-state index in [4.69, 9.17) is 9.47 Å². The number of nitrogens with zero attached hydrogens (tertiary/aromatic N) is 3. The highest BCUT2D eigenvalue weighted by Crippen LogP contribution is 2.33. The number of aliphatic hydroxyl groups is 1. The van der Waals surface area contributed by atoms with Gasteiger partial charge in [0, 0.05) is 17.8 Å². The second-order valence-electron chi connectivity index (χ2n) is 9.92. The molecule has 36 heavy (non-hydrogen) atoms. The lowest BCUT2D eigenvalue weighted by atomic mass is 10.1. The average molecular weight is 489 g/mol. The first-order valence-electron chi connectivity index (χ1n) is 11.9. The smallest absolute Gasteiger partial charge is 0.228 e. The summed E-state index contributed by atoms with van der Waals surface area (Å²) in [6.07, 6.45) is 4.87. The van der Waals surface area contributed by atoms with E-state index < -0.39 is 6.10 Å². The third-order valence-electron chi connectivity index (χ3n) is 5.54. The lowest BCUT2D eigenvalue weighted by Gasteiger charge is -2.18. The maximum Gasteiger partial charge on any atom is 0.228 e. The van der Waals surface area contributed by atoms with Crippen LogP contribution in [0.2, 0.25) is 0 Å². The summed E-state index contributed by atoms with van der Waals surface area (Å²) in [5.74, 6) is 1.86. The molecule has 8 nitrogen and oxygen atoms in total. The molecule has 2 heterocycles. The van der Waals surface area contributed by atoms with Crippen LogP contribution >= 0.6 is 0 Å². The number of aromatic nitrogens is 3. The van der Waals surface area contributed by atoms with E-state index in [1.807, 2.05) is 54.2 Å². The number of benzene rings is 2. The zero-order valence-corrected chi connectivity index (χ0v) is 21.3. The zero-order chi connectivity index (χ0) is 25.9. The molecule has 2 N–H and O–H groups in total. The molecule has 0 aliphatic carbocycles. The number of nitrogens with one attached hydrogen (secondary N) is 1. The number of hydrogen-bond donors (Lipinski definition) is 2. The summed E-state index contributed by atoms with van der Waals surface area (Å²) in [4.78, 5) is 17.0. The fourth-order valence-electron chi connectivity index (χ4n) is 3.69. The molecule has 1 amide bonds. The first-order valence-corrected chi connectivity index (χ1v) is 11.9. The summed E-state index contributed by atoms with van der Waals surface area (Å²) in [5, 5.41) is 17.5. The van der Waals surface area contributed by atoms with E-state index in [-0.39, 0.29) is 24.5 Å². The summed E-state index contributed by atoms with van der Waals surface area (Å²) < 4.78 is 13.7. The Balaban J connectivity index is 1.46. The molecule has 1 unspecified atom stereocenters. The molecule has 0 aliphatic heterocycles. The molecular formula is C28H32N4O4. The molecule has 2 aromatic heterocycles. The Hall–Kier alpha value is -3.91. The van der Waals surface area contributed by atoms with Gasteiger partial charge in [-0.2, -0.15) is 5.10 Å². The number of aliphatic hydroxyl groups excluding tert-OH is 1. The van der Waals surface area contributed by atoms with Gasteiger partial charge in [-0.15, -0.1) is 0 Å². The van der Waals surface area contributed by atoms with Crippen molar-refractivity contribution >= 4 is 22.5 Å². The Kier molecular flexibility index (Phi) is 7.26. The van der Waals surface area contributed by atoms with Crippen LogP contribution in [-0.2, 0) is 16.8 Å². The van der Waals surface area contributed by atoms with E-state index in [0.717, 1.165) is 22.0 Å².